The van der Waals surface area contributed by atoms with Gasteiger partial charge in [-0.05, 0) is 49.4 Å². The third-order valence-corrected chi connectivity index (χ3v) is 23.1. The number of carbonyl (C=O) groups is 4. The molecule has 0 aliphatic carbocycles. The van der Waals surface area contributed by atoms with Crippen molar-refractivity contribution in [2.45, 2.75) is 465 Å². The molecule has 0 fully saturated rings. The van der Waals surface area contributed by atoms with Crippen molar-refractivity contribution in [2.24, 2.45) is 23.7 Å². The van der Waals surface area contributed by atoms with E-state index in [1.54, 1.807) is 0 Å². The Bertz CT molecular complexity index is 2050. The standard InChI is InChI=1S/C86H168O17P2/c1-9-77(6)63-55-47-39-33-27-20-16-14-12-13-15-17-22-30-36-42-52-60-68-85(90)102-81(72-96-83(88)66-58-50-41-35-29-25-24-26-32-38-46-54-62-76(4)5)74-100-104(92,93)98-70-80(87)71-99-105(94,95)101-75-82(73-97-84(89)67-59-51-45-44-49-57-65-79(8)11-3)103-86(91)69-61-53-43-37-31-23-19-18-21-28-34-40-48-56-64-78(7)10-2/h76-82,87H,9-75H2,1-8H3,(H,92,93)(H,94,95)/t77?,78?,79?,80-,81-,82-/m1/s1. The van der Waals surface area contributed by atoms with Gasteiger partial charge in [0.25, 0.3) is 0 Å². The van der Waals surface area contributed by atoms with E-state index >= 15 is 0 Å². The van der Waals surface area contributed by atoms with Gasteiger partial charge in [0.15, 0.2) is 12.2 Å². The first kappa shape index (κ1) is 103. The maximum atomic E-state index is 13.1. The molecular formula is C86H168O17P2. The molecule has 0 saturated heterocycles. The Morgan fingerprint density at radius 2 is 0.457 bits per heavy atom. The number of hydrogen-bond donors (Lipinski definition) is 3. The average Bonchev–Trinajstić information content (AvgIpc) is 1.84. The second-order valence-corrected chi connectivity index (χ2v) is 35.0. The van der Waals surface area contributed by atoms with Gasteiger partial charge in [-0.15, -0.1) is 0 Å². The summed E-state index contributed by atoms with van der Waals surface area (Å²) in [6, 6.07) is 0. The minimum absolute atomic E-state index is 0.107. The molecule has 0 radical (unpaired) electrons. The molecule has 17 nitrogen and oxygen atoms in total. The van der Waals surface area contributed by atoms with Crippen LogP contribution in [-0.4, -0.2) is 96.7 Å². The van der Waals surface area contributed by atoms with Gasteiger partial charge in [-0.1, -0.05) is 396 Å². The number of aliphatic hydroxyl groups is 1. The van der Waals surface area contributed by atoms with Crippen molar-refractivity contribution in [2.75, 3.05) is 39.6 Å². The van der Waals surface area contributed by atoms with Gasteiger partial charge < -0.3 is 33.8 Å². The normalized spacial score (nSPS) is 14.7. The molecule has 3 N–H and O–H groups in total. The maximum absolute atomic E-state index is 13.1. The molecule has 0 aromatic rings. The monoisotopic (exact) mass is 1540 g/mol. The van der Waals surface area contributed by atoms with Crippen LogP contribution in [0.15, 0.2) is 0 Å². The van der Waals surface area contributed by atoms with Crippen molar-refractivity contribution >= 4 is 39.5 Å². The molecule has 105 heavy (non-hydrogen) atoms. The summed E-state index contributed by atoms with van der Waals surface area (Å²) in [4.78, 5) is 73.2. The van der Waals surface area contributed by atoms with E-state index in [0.29, 0.717) is 25.7 Å². The van der Waals surface area contributed by atoms with Gasteiger partial charge in [0.2, 0.25) is 0 Å². The molecular weight excluding hydrogens is 1370 g/mol. The van der Waals surface area contributed by atoms with Crippen LogP contribution in [0, 0.1) is 23.7 Å². The molecule has 0 aliphatic heterocycles. The minimum Gasteiger partial charge on any atom is -0.462 e. The molecule has 624 valence electrons. The highest BCUT2D eigenvalue weighted by atomic mass is 31.2. The van der Waals surface area contributed by atoms with Crippen molar-refractivity contribution < 1.29 is 80.2 Å². The highest BCUT2D eigenvalue weighted by molar-refractivity contribution is 7.47. The van der Waals surface area contributed by atoms with Crippen molar-refractivity contribution in [3.63, 3.8) is 0 Å². The number of hydrogen-bond acceptors (Lipinski definition) is 15. The Balaban J connectivity index is 5.22. The van der Waals surface area contributed by atoms with Gasteiger partial charge in [0.05, 0.1) is 26.4 Å². The maximum Gasteiger partial charge on any atom is 0.472 e. The van der Waals surface area contributed by atoms with Gasteiger partial charge >= 0.3 is 39.5 Å². The number of phosphoric ester groups is 2. The zero-order valence-electron chi connectivity index (χ0n) is 69.4. The smallest absolute Gasteiger partial charge is 0.462 e. The summed E-state index contributed by atoms with van der Waals surface area (Å²) in [7, 11) is -9.93. The molecule has 0 aromatic carbocycles. The first-order valence-corrected chi connectivity index (χ1v) is 47.3. The fourth-order valence-corrected chi connectivity index (χ4v) is 14.8. The van der Waals surface area contributed by atoms with Crippen LogP contribution in [0.25, 0.3) is 0 Å². The zero-order chi connectivity index (χ0) is 77.4. The number of aliphatic hydroxyl groups excluding tert-OH is 1. The lowest BCUT2D eigenvalue weighted by Gasteiger charge is -2.21. The molecule has 0 rings (SSSR count). The van der Waals surface area contributed by atoms with Crippen LogP contribution in [0.1, 0.15) is 447 Å². The molecule has 8 atom stereocenters. The van der Waals surface area contributed by atoms with E-state index in [9.17, 15) is 43.2 Å². The fraction of sp³-hybridized carbons (Fsp3) is 0.953. The Labute approximate surface area is 645 Å². The number of phosphoric acid groups is 2. The van der Waals surface area contributed by atoms with Crippen molar-refractivity contribution in [3.05, 3.63) is 0 Å². The lowest BCUT2D eigenvalue weighted by Crippen LogP contribution is -2.30. The van der Waals surface area contributed by atoms with E-state index in [1.165, 1.54) is 244 Å². The summed E-state index contributed by atoms with van der Waals surface area (Å²) >= 11 is 0. The summed E-state index contributed by atoms with van der Waals surface area (Å²) in [5.74, 6) is 1.12. The molecule has 0 spiro atoms. The lowest BCUT2D eigenvalue weighted by molar-refractivity contribution is -0.161. The third kappa shape index (κ3) is 75.9. The third-order valence-electron chi connectivity index (χ3n) is 21.2. The number of esters is 4. The van der Waals surface area contributed by atoms with Crippen LogP contribution < -0.4 is 0 Å². The van der Waals surface area contributed by atoms with Crippen molar-refractivity contribution in [1.29, 1.82) is 0 Å². The average molecular weight is 1540 g/mol. The van der Waals surface area contributed by atoms with Crippen LogP contribution in [0.2, 0.25) is 0 Å². The first-order chi connectivity index (χ1) is 50.7. The number of carbonyl (C=O) groups excluding carboxylic acids is 4. The van der Waals surface area contributed by atoms with Crippen LogP contribution >= 0.6 is 15.6 Å². The molecule has 0 amide bonds. The molecule has 5 unspecified atom stereocenters. The first-order valence-electron chi connectivity index (χ1n) is 44.3. The molecule has 0 bridgehead atoms. The van der Waals surface area contributed by atoms with E-state index in [0.717, 1.165) is 120 Å². The largest absolute Gasteiger partial charge is 0.472 e. The quantitative estimate of drug-likeness (QED) is 0.0222. The Kier molecular flexibility index (Phi) is 73.4. The Morgan fingerprint density at radius 3 is 0.676 bits per heavy atom. The zero-order valence-corrected chi connectivity index (χ0v) is 71.2. The summed E-state index contributed by atoms with van der Waals surface area (Å²) in [5, 5.41) is 10.7. The molecule has 19 heteroatoms. The summed E-state index contributed by atoms with van der Waals surface area (Å²) in [5.41, 5.74) is 0. The van der Waals surface area contributed by atoms with Crippen LogP contribution in [-0.2, 0) is 65.4 Å². The van der Waals surface area contributed by atoms with Gasteiger partial charge in [0, 0.05) is 25.7 Å². The SMILES string of the molecule is CCC(C)CCCCCCCCCCCCCCCCCCCCC(=O)O[C@H](COC(=O)CCCCCCCCCCCCCCC(C)C)COP(=O)(O)OC[C@@H](O)COP(=O)(O)OC[C@@H](COC(=O)CCCCCCCCC(C)CC)OC(=O)CCCCCCCCCCCCCCCCC(C)CC. The molecule has 0 heterocycles. The number of unbranched alkanes of at least 4 members (excludes halogenated alkanes) is 46. The second kappa shape index (κ2) is 74.8. The number of rotatable bonds is 83. The fourth-order valence-electron chi connectivity index (χ4n) is 13.2. The van der Waals surface area contributed by atoms with Gasteiger partial charge in [-0.2, -0.15) is 0 Å². The highest BCUT2D eigenvalue weighted by Crippen LogP contribution is 2.45. The van der Waals surface area contributed by atoms with Crippen LogP contribution in [0.5, 0.6) is 0 Å². The van der Waals surface area contributed by atoms with Crippen LogP contribution in [0.3, 0.4) is 0 Å². The van der Waals surface area contributed by atoms with E-state index in [1.807, 2.05) is 0 Å². The van der Waals surface area contributed by atoms with Crippen LogP contribution in [0.4, 0.5) is 0 Å². The molecule has 0 aromatic heterocycles. The van der Waals surface area contributed by atoms with Crippen molar-refractivity contribution in [1.82, 2.24) is 0 Å². The lowest BCUT2D eigenvalue weighted by atomic mass is 9.99. The number of ether oxygens (including phenoxy) is 4. The summed E-state index contributed by atoms with van der Waals surface area (Å²) in [6.45, 7) is 14.4. The van der Waals surface area contributed by atoms with E-state index in [-0.39, 0.29) is 25.7 Å². The van der Waals surface area contributed by atoms with E-state index in [4.69, 9.17) is 37.0 Å². The minimum atomic E-state index is -4.97. The predicted molar refractivity (Wildman–Crippen MR) is 432 cm³/mol. The second-order valence-electron chi connectivity index (χ2n) is 32.1. The highest BCUT2D eigenvalue weighted by Gasteiger charge is 2.31. The van der Waals surface area contributed by atoms with Crippen molar-refractivity contribution in [3.8, 4) is 0 Å². The van der Waals surface area contributed by atoms with E-state index in [2.05, 4.69) is 55.4 Å². The van der Waals surface area contributed by atoms with Gasteiger partial charge in [0.1, 0.15) is 19.3 Å². The summed E-state index contributed by atoms with van der Waals surface area (Å²) in [6.07, 6.45) is 63.8. The predicted octanol–water partition coefficient (Wildman–Crippen LogP) is 25.9. The Hall–Kier alpha value is -1.94. The topological polar surface area (TPSA) is 237 Å². The summed E-state index contributed by atoms with van der Waals surface area (Å²) < 4.78 is 68.9. The Morgan fingerprint density at radius 1 is 0.267 bits per heavy atom. The van der Waals surface area contributed by atoms with Gasteiger partial charge in [-0.3, -0.25) is 37.3 Å². The van der Waals surface area contributed by atoms with E-state index < -0.39 is 97.5 Å². The molecule has 0 saturated carbocycles. The van der Waals surface area contributed by atoms with Gasteiger partial charge in [-0.25, -0.2) is 9.13 Å². The molecule has 0 aliphatic rings.